The average molecular weight is 654 g/mol. The van der Waals surface area contributed by atoms with Crippen LogP contribution in [-0.2, 0) is 15.9 Å². The molecule has 0 saturated heterocycles. The van der Waals surface area contributed by atoms with Gasteiger partial charge in [0.25, 0.3) is 5.91 Å². The zero-order valence-electron chi connectivity index (χ0n) is 28.3. The van der Waals surface area contributed by atoms with Crippen LogP contribution in [0.4, 0.5) is 22.7 Å². The van der Waals surface area contributed by atoms with Crippen LogP contribution in [0.1, 0.15) is 71.3 Å². The summed E-state index contributed by atoms with van der Waals surface area (Å²) < 4.78 is 9.99. The maximum atomic E-state index is 13.6. The van der Waals surface area contributed by atoms with Gasteiger partial charge in [-0.2, -0.15) is 0 Å². The zero-order chi connectivity index (χ0) is 34.3. The fraction of sp³-hybridized carbons (Fsp3) is 0.289. The van der Waals surface area contributed by atoms with E-state index in [0.717, 1.165) is 38.8 Å². The quantitative estimate of drug-likeness (QED) is 0.155. The summed E-state index contributed by atoms with van der Waals surface area (Å²) in [6.45, 7) is 10.6. The Labute approximate surface area is 281 Å². The normalized spacial score (nSPS) is 11.2. The predicted octanol–water partition coefficient (Wildman–Crippen LogP) is 8.84. The molecule has 246 valence electrons. The lowest BCUT2D eigenvalue weighted by Crippen LogP contribution is -2.25. The number of carbonyl (C=O) groups is 3. The first-order chi connectivity index (χ1) is 22.3. The molecular weight excluding hydrogens is 611 g/mol. The number of hydrogen-bond donors (Lipinski definition) is 2. The van der Waals surface area contributed by atoms with Crippen molar-refractivity contribution in [3.8, 4) is 0 Å². The van der Waals surface area contributed by atoms with E-state index < -0.39 is 17.8 Å². The number of nitrogens with one attached hydrogen (secondary N) is 2. The molecule has 0 aromatic heterocycles. The van der Waals surface area contributed by atoms with Gasteiger partial charge in [-0.3, -0.25) is 4.79 Å². The topological polar surface area (TPSA) is 97.0 Å². The number of benzene rings is 4. The summed E-state index contributed by atoms with van der Waals surface area (Å²) in [5.74, 6) is -1.08. The molecule has 0 saturated carbocycles. The SMILES string of the molecule is COC(=O)c1cc(Sc2ccc(C(=O)OC)c(C(=O)Nc3ccc(N(C)c4ccc(NC(C)(C)C)cc4)cc3)c2)ccc1CC(C)C. The first-order valence-electron chi connectivity index (χ1n) is 15.4. The van der Waals surface area contributed by atoms with Crippen molar-refractivity contribution >= 4 is 52.4 Å². The van der Waals surface area contributed by atoms with Crippen molar-refractivity contribution in [3.63, 3.8) is 0 Å². The molecule has 0 radical (unpaired) electrons. The van der Waals surface area contributed by atoms with Gasteiger partial charge >= 0.3 is 11.9 Å². The maximum Gasteiger partial charge on any atom is 0.338 e. The smallest absolute Gasteiger partial charge is 0.338 e. The Morgan fingerprint density at radius 3 is 1.77 bits per heavy atom. The summed E-state index contributed by atoms with van der Waals surface area (Å²) >= 11 is 1.38. The van der Waals surface area contributed by atoms with Crippen LogP contribution in [-0.4, -0.2) is 44.7 Å². The molecule has 4 aromatic carbocycles. The second kappa shape index (κ2) is 15.2. The van der Waals surface area contributed by atoms with E-state index in [1.165, 1.54) is 26.0 Å². The predicted molar refractivity (Wildman–Crippen MR) is 191 cm³/mol. The largest absolute Gasteiger partial charge is 0.465 e. The lowest BCUT2D eigenvalue weighted by Gasteiger charge is -2.24. The van der Waals surface area contributed by atoms with E-state index in [-0.39, 0.29) is 16.7 Å². The third kappa shape index (κ3) is 9.39. The highest BCUT2D eigenvalue weighted by molar-refractivity contribution is 7.99. The molecule has 9 heteroatoms. The number of anilines is 4. The lowest BCUT2D eigenvalue weighted by atomic mass is 9.98. The van der Waals surface area contributed by atoms with Crippen molar-refractivity contribution in [2.75, 3.05) is 36.8 Å². The van der Waals surface area contributed by atoms with Crippen molar-refractivity contribution < 1.29 is 23.9 Å². The summed E-state index contributed by atoms with van der Waals surface area (Å²) in [5, 5.41) is 6.38. The summed E-state index contributed by atoms with van der Waals surface area (Å²) in [7, 11) is 4.63. The summed E-state index contributed by atoms with van der Waals surface area (Å²) in [6.07, 6.45) is 0.743. The number of amides is 1. The number of methoxy groups -OCH3 is 2. The van der Waals surface area contributed by atoms with E-state index in [0.29, 0.717) is 17.2 Å². The summed E-state index contributed by atoms with van der Waals surface area (Å²) in [6, 6.07) is 26.4. The molecule has 0 aliphatic rings. The van der Waals surface area contributed by atoms with Crippen LogP contribution in [0.25, 0.3) is 0 Å². The molecule has 0 spiro atoms. The Morgan fingerprint density at radius 2 is 1.23 bits per heavy atom. The van der Waals surface area contributed by atoms with Crippen LogP contribution in [0, 0.1) is 5.92 Å². The molecule has 4 rings (SSSR count). The molecule has 2 N–H and O–H groups in total. The molecule has 1 amide bonds. The molecule has 0 bridgehead atoms. The third-order valence-corrected chi connectivity index (χ3v) is 8.26. The standard InChI is InChI=1S/C38H43N3O5S/c1-24(2)21-25-9-18-30(22-33(25)37(44)46-8)47-31-19-20-32(36(43)45-7)34(23-31)35(42)39-26-10-14-28(15-11-26)41(6)29-16-12-27(13-17-29)40-38(3,4)5/h9-20,22-24,40H,21H2,1-8H3,(H,39,42). The van der Waals surface area contributed by atoms with Crippen LogP contribution >= 0.6 is 11.8 Å². The van der Waals surface area contributed by atoms with Crippen LogP contribution in [0.5, 0.6) is 0 Å². The minimum absolute atomic E-state index is 0.0272. The minimum Gasteiger partial charge on any atom is -0.465 e. The van der Waals surface area contributed by atoms with Crippen molar-refractivity contribution in [2.24, 2.45) is 5.92 Å². The number of rotatable bonds is 11. The summed E-state index contributed by atoms with van der Waals surface area (Å²) in [5.41, 5.74) is 5.32. The highest BCUT2D eigenvalue weighted by Gasteiger charge is 2.20. The van der Waals surface area contributed by atoms with Gasteiger partial charge in [0, 0.05) is 45.1 Å². The molecule has 0 unspecified atom stereocenters. The molecule has 0 heterocycles. The van der Waals surface area contributed by atoms with Gasteiger partial charge in [0.15, 0.2) is 0 Å². The molecule has 0 atom stereocenters. The van der Waals surface area contributed by atoms with Crippen molar-refractivity contribution in [1.82, 2.24) is 0 Å². The van der Waals surface area contributed by atoms with E-state index in [4.69, 9.17) is 9.47 Å². The second-order valence-electron chi connectivity index (χ2n) is 12.7. The van der Waals surface area contributed by atoms with Crippen molar-refractivity contribution in [3.05, 3.63) is 107 Å². The van der Waals surface area contributed by atoms with Gasteiger partial charge in [-0.15, -0.1) is 0 Å². The third-order valence-electron chi connectivity index (χ3n) is 7.28. The van der Waals surface area contributed by atoms with Gasteiger partial charge < -0.3 is 25.0 Å². The monoisotopic (exact) mass is 653 g/mol. The molecule has 8 nitrogen and oxygen atoms in total. The fourth-order valence-electron chi connectivity index (χ4n) is 5.05. The Kier molecular flexibility index (Phi) is 11.4. The highest BCUT2D eigenvalue weighted by atomic mass is 32.2. The van der Waals surface area contributed by atoms with Gasteiger partial charge in [0.2, 0.25) is 0 Å². The van der Waals surface area contributed by atoms with E-state index >= 15 is 0 Å². The molecule has 4 aromatic rings. The Balaban J connectivity index is 1.53. The van der Waals surface area contributed by atoms with E-state index in [1.807, 2.05) is 43.4 Å². The van der Waals surface area contributed by atoms with Crippen LogP contribution in [0.3, 0.4) is 0 Å². The Hall–Kier alpha value is -4.76. The highest BCUT2D eigenvalue weighted by Crippen LogP contribution is 2.33. The molecular formula is C38H43N3O5S. The zero-order valence-corrected chi connectivity index (χ0v) is 29.1. The van der Waals surface area contributed by atoms with Crippen molar-refractivity contribution in [2.45, 2.75) is 56.4 Å². The molecule has 47 heavy (non-hydrogen) atoms. The number of ether oxygens (including phenoxy) is 2. The second-order valence-corrected chi connectivity index (χ2v) is 13.8. The van der Waals surface area contributed by atoms with Gasteiger partial charge in [0.1, 0.15) is 0 Å². The number of esters is 2. The average Bonchev–Trinajstić information content (AvgIpc) is 3.04. The van der Waals surface area contributed by atoms with Crippen molar-refractivity contribution in [1.29, 1.82) is 0 Å². The molecule has 0 aliphatic heterocycles. The minimum atomic E-state index is -0.613. The molecule has 0 fully saturated rings. The number of carbonyl (C=O) groups excluding carboxylic acids is 3. The van der Waals surface area contributed by atoms with Gasteiger partial charge in [0.05, 0.1) is 30.9 Å². The number of nitrogens with zero attached hydrogens (tertiary/aromatic N) is 1. The van der Waals surface area contributed by atoms with E-state index in [2.05, 4.69) is 74.4 Å². The van der Waals surface area contributed by atoms with E-state index in [9.17, 15) is 14.4 Å². The van der Waals surface area contributed by atoms with Gasteiger partial charge in [-0.05, 0) is 118 Å². The Morgan fingerprint density at radius 1 is 0.723 bits per heavy atom. The Bertz CT molecular complexity index is 1730. The lowest BCUT2D eigenvalue weighted by molar-refractivity contribution is 0.0589. The maximum absolute atomic E-state index is 13.6. The number of hydrogen-bond acceptors (Lipinski definition) is 8. The van der Waals surface area contributed by atoms with E-state index in [1.54, 1.807) is 24.3 Å². The summed E-state index contributed by atoms with van der Waals surface area (Å²) in [4.78, 5) is 42.3. The van der Waals surface area contributed by atoms with Crippen LogP contribution in [0.2, 0.25) is 0 Å². The van der Waals surface area contributed by atoms with Crippen LogP contribution in [0.15, 0.2) is 94.7 Å². The van der Waals surface area contributed by atoms with Gasteiger partial charge in [-0.25, -0.2) is 9.59 Å². The molecule has 0 aliphatic carbocycles. The van der Waals surface area contributed by atoms with Gasteiger partial charge in [-0.1, -0.05) is 31.7 Å². The first-order valence-corrected chi connectivity index (χ1v) is 16.2. The van der Waals surface area contributed by atoms with Crippen LogP contribution < -0.4 is 15.5 Å². The fourth-order valence-corrected chi connectivity index (χ4v) is 5.95. The first kappa shape index (κ1) is 35.1.